The van der Waals surface area contributed by atoms with Gasteiger partial charge in [-0.2, -0.15) is 0 Å². The Hall–Kier alpha value is -3.70. The van der Waals surface area contributed by atoms with Crippen LogP contribution >= 0.6 is 0 Å². The Morgan fingerprint density at radius 1 is 1.18 bits per heavy atom. The summed E-state index contributed by atoms with van der Waals surface area (Å²) >= 11 is 0. The molecule has 2 heterocycles. The molecule has 1 aromatic heterocycles. The highest BCUT2D eigenvalue weighted by Gasteiger charge is 2.36. The van der Waals surface area contributed by atoms with Crippen molar-refractivity contribution in [1.82, 2.24) is 29.9 Å². The minimum Gasteiger partial charge on any atom is -0.497 e. The van der Waals surface area contributed by atoms with Crippen molar-refractivity contribution in [2.75, 3.05) is 13.7 Å². The number of nitrogens with one attached hydrogen (secondary N) is 2. The Labute approximate surface area is 235 Å². The van der Waals surface area contributed by atoms with E-state index in [2.05, 4.69) is 53.0 Å². The zero-order chi connectivity index (χ0) is 28.3. The fourth-order valence-electron chi connectivity index (χ4n) is 5.30. The van der Waals surface area contributed by atoms with Gasteiger partial charge in [0.1, 0.15) is 11.8 Å². The molecule has 0 saturated heterocycles. The molecular formula is C29H36N6O4S. The van der Waals surface area contributed by atoms with Gasteiger partial charge < -0.3 is 15.4 Å². The number of methoxy groups -OCH3 is 1. The second-order valence-electron chi connectivity index (χ2n) is 10.7. The molecule has 2 atom stereocenters. The number of aryl methyl sites for hydroxylation is 1. The quantitative estimate of drug-likeness (QED) is 0.388. The maximum Gasteiger partial charge on any atom is 0.264 e. The molecule has 0 radical (unpaired) electrons. The summed E-state index contributed by atoms with van der Waals surface area (Å²) in [6.07, 6.45) is 7.64. The highest BCUT2D eigenvalue weighted by atomic mass is 32.2. The standard InChI is InChI=1S/C29H36N6O4S/c1-20(2)17-30-18-21-7-12-26-22(15-21)5-4-6-27(26)34-19-23(32-33-34)16-28-29(36)31-13-14-35(28)40(37,38)25-10-8-24(39-3)9-11-25/h7-15,19-20,27-28,30H,4-6,16-18H2,1-3H3,(H,31,36)/t27-,28+/m0/s1. The fourth-order valence-corrected chi connectivity index (χ4v) is 6.75. The van der Waals surface area contributed by atoms with Crippen molar-refractivity contribution in [3.63, 3.8) is 0 Å². The summed E-state index contributed by atoms with van der Waals surface area (Å²) in [6, 6.07) is 11.8. The van der Waals surface area contributed by atoms with Crippen LogP contribution in [0.15, 0.2) is 66.0 Å². The average molecular weight is 565 g/mol. The van der Waals surface area contributed by atoms with Crippen molar-refractivity contribution in [1.29, 1.82) is 0 Å². The number of nitrogens with zero attached hydrogens (tertiary/aromatic N) is 4. The first-order valence-electron chi connectivity index (χ1n) is 13.6. The van der Waals surface area contributed by atoms with Crippen LogP contribution in [0.25, 0.3) is 0 Å². The van der Waals surface area contributed by atoms with E-state index < -0.39 is 22.0 Å². The molecule has 0 fully saturated rings. The molecule has 11 heteroatoms. The topological polar surface area (TPSA) is 118 Å². The van der Waals surface area contributed by atoms with Gasteiger partial charge in [-0.15, -0.1) is 5.10 Å². The third kappa shape index (κ3) is 5.90. The maximum absolute atomic E-state index is 13.5. The lowest BCUT2D eigenvalue weighted by molar-refractivity contribution is -0.124. The molecule has 0 unspecified atom stereocenters. The minimum absolute atomic E-state index is 0.0434. The molecule has 2 aliphatic rings. The predicted octanol–water partition coefficient (Wildman–Crippen LogP) is 3.16. The highest BCUT2D eigenvalue weighted by Crippen LogP contribution is 2.33. The van der Waals surface area contributed by atoms with Crippen molar-refractivity contribution < 1.29 is 17.9 Å². The lowest BCUT2D eigenvalue weighted by atomic mass is 9.86. The second-order valence-corrected chi connectivity index (χ2v) is 12.6. The Kier molecular flexibility index (Phi) is 8.22. The average Bonchev–Trinajstić information content (AvgIpc) is 3.42. The van der Waals surface area contributed by atoms with Gasteiger partial charge in [0, 0.05) is 31.6 Å². The third-order valence-electron chi connectivity index (χ3n) is 7.34. The minimum atomic E-state index is -3.99. The lowest BCUT2D eigenvalue weighted by Gasteiger charge is -2.31. The fraction of sp³-hybridized carbons (Fsp3) is 0.414. The molecule has 1 aliphatic heterocycles. The van der Waals surface area contributed by atoms with Crippen LogP contribution < -0.4 is 15.4 Å². The molecule has 1 aliphatic carbocycles. The number of carbonyl (C=O) groups excluding carboxylic acids is 1. The van der Waals surface area contributed by atoms with E-state index in [0.29, 0.717) is 17.4 Å². The zero-order valence-electron chi connectivity index (χ0n) is 23.1. The first-order valence-corrected chi connectivity index (χ1v) is 15.1. The third-order valence-corrected chi connectivity index (χ3v) is 9.14. The number of amides is 1. The van der Waals surface area contributed by atoms with E-state index in [0.717, 1.165) is 36.7 Å². The Morgan fingerprint density at radius 3 is 2.73 bits per heavy atom. The number of rotatable bonds is 10. The van der Waals surface area contributed by atoms with Gasteiger partial charge in [-0.25, -0.2) is 13.1 Å². The van der Waals surface area contributed by atoms with E-state index in [4.69, 9.17) is 4.74 Å². The van der Waals surface area contributed by atoms with Crippen molar-refractivity contribution in [3.05, 3.63) is 83.4 Å². The summed E-state index contributed by atoms with van der Waals surface area (Å²) in [5.74, 6) is 0.729. The molecule has 3 aromatic rings. The number of hydrogen-bond acceptors (Lipinski definition) is 7. The van der Waals surface area contributed by atoms with Crippen LogP contribution in [-0.2, 0) is 34.2 Å². The molecule has 2 N–H and O–H groups in total. The van der Waals surface area contributed by atoms with Gasteiger partial charge in [-0.3, -0.25) is 9.10 Å². The molecule has 5 rings (SSSR count). The predicted molar refractivity (Wildman–Crippen MR) is 151 cm³/mol. The van der Waals surface area contributed by atoms with Crippen LogP contribution in [-0.4, -0.2) is 53.3 Å². The van der Waals surface area contributed by atoms with Gasteiger partial charge in [0.2, 0.25) is 5.91 Å². The number of benzene rings is 2. The Balaban J connectivity index is 1.34. The summed E-state index contributed by atoms with van der Waals surface area (Å²) in [4.78, 5) is 12.9. The van der Waals surface area contributed by atoms with Crippen molar-refractivity contribution in [3.8, 4) is 5.75 Å². The summed E-state index contributed by atoms with van der Waals surface area (Å²) in [5, 5.41) is 14.9. The highest BCUT2D eigenvalue weighted by molar-refractivity contribution is 7.89. The van der Waals surface area contributed by atoms with E-state index >= 15 is 0 Å². The molecule has 1 amide bonds. The summed E-state index contributed by atoms with van der Waals surface area (Å²) in [5.41, 5.74) is 4.38. The monoisotopic (exact) mass is 564 g/mol. The molecule has 0 bridgehead atoms. The van der Waals surface area contributed by atoms with Gasteiger partial charge in [-0.05, 0) is 72.7 Å². The van der Waals surface area contributed by atoms with E-state index in [1.165, 1.54) is 48.3 Å². The number of hydrogen-bond donors (Lipinski definition) is 2. The first kappa shape index (κ1) is 27.9. The number of fused-ring (bicyclic) bond motifs is 1. The van der Waals surface area contributed by atoms with Gasteiger partial charge >= 0.3 is 0 Å². The van der Waals surface area contributed by atoms with Crippen LogP contribution in [0.3, 0.4) is 0 Å². The number of aromatic nitrogens is 3. The van der Waals surface area contributed by atoms with Crippen LogP contribution in [0, 0.1) is 5.92 Å². The number of ether oxygens (including phenoxy) is 1. The van der Waals surface area contributed by atoms with Crippen molar-refractivity contribution >= 4 is 15.9 Å². The van der Waals surface area contributed by atoms with Gasteiger partial charge in [-0.1, -0.05) is 37.3 Å². The molecular weight excluding hydrogens is 528 g/mol. The first-order chi connectivity index (χ1) is 19.3. The van der Waals surface area contributed by atoms with Gasteiger partial charge in [0.25, 0.3) is 10.0 Å². The van der Waals surface area contributed by atoms with Crippen molar-refractivity contribution in [2.24, 2.45) is 5.92 Å². The normalized spacial score (nSPS) is 19.0. The molecule has 0 saturated carbocycles. The van der Waals surface area contributed by atoms with Crippen LogP contribution in [0.4, 0.5) is 0 Å². The summed E-state index contributed by atoms with van der Waals surface area (Å²) < 4.78 is 35.0. The Bertz CT molecular complexity index is 1480. The molecule has 0 spiro atoms. The van der Waals surface area contributed by atoms with Crippen LogP contribution in [0.2, 0.25) is 0 Å². The maximum atomic E-state index is 13.5. The van der Waals surface area contributed by atoms with Gasteiger partial charge in [0.15, 0.2) is 0 Å². The molecule has 40 heavy (non-hydrogen) atoms. The number of carbonyl (C=O) groups is 1. The second kappa shape index (κ2) is 11.8. The van der Waals surface area contributed by atoms with Crippen molar-refractivity contribution in [2.45, 2.75) is 63.1 Å². The summed E-state index contributed by atoms with van der Waals surface area (Å²) in [6.45, 7) is 6.23. The van der Waals surface area contributed by atoms with E-state index in [1.54, 1.807) is 12.1 Å². The van der Waals surface area contributed by atoms with E-state index in [1.807, 2.05) is 10.9 Å². The molecule has 2 aromatic carbocycles. The smallest absolute Gasteiger partial charge is 0.264 e. The van der Waals surface area contributed by atoms with Crippen LogP contribution in [0.1, 0.15) is 55.1 Å². The number of sulfonamides is 1. The van der Waals surface area contributed by atoms with Gasteiger partial charge in [0.05, 0.1) is 23.7 Å². The van der Waals surface area contributed by atoms with Crippen LogP contribution in [0.5, 0.6) is 5.75 Å². The van der Waals surface area contributed by atoms with E-state index in [-0.39, 0.29) is 17.4 Å². The SMILES string of the molecule is COc1ccc(S(=O)(=O)N2C=CNC(=O)[C@H]2Cc2cn([C@H]3CCCc4cc(CNCC(C)C)ccc43)nn2)cc1. The molecule has 10 nitrogen and oxygen atoms in total. The Morgan fingerprint density at radius 2 is 1.98 bits per heavy atom. The summed E-state index contributed by atoms with van der Waals surface area (Å²) in [7, 11) is -2.47. The van der Waals surface area contributed by atoms with E-state index in [9.17, 15) is 13.2 Å². The lowest BCUT2D eigenvalue weighted by Crippen LogP contribution is -2.50. The largest absolute Gasteiger partial charge is 0.497 e. The molecule has 212 valence electrons. The zero-order valence-corrected chi connectivity index (χ0v) is 23.9.